The first-order valence-corrected chi connectivity index (χ1v) is 10.1. The van der Waals surface area contributed by atoms with E-state index in [1.165, 1.54) is 26.3 Å². The molecule has 0 aliphatic rings. The summed E-state index contributed by atoms with van der Waals surface area (Å²) in [4.78, 5) is 34.5. The van der Waals surface area contributed by atoms with Crippen LogP contribution in [0.15, 0.2) is 47.4 Å². The zero-order valence-electron chi connectivity index (χ0n) is 16.5. The van der Waals surface area contributed by atoms with E-state index in [1.807, 2.05) is 12.2 Å². The zero-order chi connectivity index (χ0) is 22.3. The van der Waals surface area contributed by atoms with E-state index in [2.05, 4.69) is 10.0 Å². The lowest BCUT2D eigenvalue weighted by Gasteiger charge is -2.13. The average molecular weight is 435 g/mol. The van der Waals surface area contributed by atoms with Crippen LogP contribution in [0, 0.1) is 6.92 Å². The summed E-state index contributed by atoms with van der Waals surface area (Å²) in [7, 11) is -1.48. The molecule has 0 aliphatic carbocycles. The van der Waals surface area contributed by atoms with Crippen LogP contribution in [-0.2, 0) is 19.6 Å². The lowest BCUT2D eigenvalue weighted by atomic mass is 10.2. The van der Waals surface area contributed by atoms with E-state index in [9.17, 15) is 22.8 Å². The van der Waals surface area contributed by atoms with Gasteiger partial charge in [0.1, 0.15) is 10.6 Å². The van der Waals surface area contributed by atoms with Crippen molar-refractivity contribution >= 4 is 33.6 Å². The molecule has 0 unspecified atom stereocenters. The maximum Gasteiger partial charge on any atom is 0.338 e. The van der Waals surface area contributed by atoms with Crippen LogP contribution in [0.5, 0.6) is 5.75 Å². The Morgan fingerprint density at radius 2 is 1.70 bits per heavy atom. The fourth-order valence-electron chi connectivity index (χ4n) is 2.29. The van der Waals surface area contributed by atoms with Gasteiger partial charge in [0, 0.05) is 12.7 Å². The molecule has 2 rings (SSSR count). The minimum atomic E-state index is -4.09. The predicted molar refractivity (Wildman–Crippen MR) is 108 cm³/mol. The van der Waals surface area contributed by atoms with Crippen LogP contribution < -0.4 is 20.1 Å². The third-order valence-corrected chi connectivity index (χ3v) is 5.21. The van der Waals surface area contributed by atoms with Gasteiger partial charge >= 0.3 is 12.0 Å². The van der Waals surface area contributed by atoms with E-state index >= 15 is 0 Å². The summed E-state index contributed by atoms with van der Waals surface area (Å²) in [6, 6.07) is 9.60. The third kappa shape index (κ3) is 5.95. The molecule has 0 aromatic heterocycles. The summed E-state index contributed by atoms with van der Waals surface area (Å²) in [5.41, 5.74) is 1.18. The molecule has 0 fully saturated rings. The van der Waals surface area contributed by atoms with Gasteiger partial charge in [0.2, 0.25) is 0 Å². The maximum atomic E-state index is 12.8. The second-order valence-corrected chi connectivity index (χ2v) is 7.69. The van der Waals surface area contributed by atoms with Crippen molar-refractivity contribution in [2.24, 2.45) is 0 Å². The Hall–Kier alpha value is -3.60. The number of rotatable bonds is 7. The van der Waals surface area contributed by atoms with E-state index in [0.29, 0.717) is 5.69 Å². The van der Waals surface area contributed by atoms with Gasteiger partial charge in [-0.2, -0.15) is 0 Å². The Morgan fingerprint density at radius 3 is 2.30 bits per heavy atom. The largest absolute Gasteiger partial charge is 0.495 e. The molecule has 0 aliphatic heterocycles. The number of imide groups is 1. The molecule has 3 amide bonds. The number of esters is 1. The molecule has 0 bridgehead atoms. The van der Waals surface area contributed by atoms with Crippen LogP contribution in [-0.4, -0.2) is 47.1 Å². The fraction of sp³-hybridized carbons (Fsp3) is 0.211. The zero-order valence-corrected chi connectivity index (χ0v) is 17.3. The van der Waals surface area contributed by atoms with Crippen molar-refractivity contribution in [2.45, 2.75) is 11.8 Å². The van der Waals surface area contributed by atoms with Crippen LogP contribution in [0.2, 0.25) is 0 Å². The quantitative estimate of drug-likeness (QED) is 0.559. The van der Waals surface area contributed by atoms with E-state index in [1.54, 1.807) is 24.3 Å². The van der Waals surface area contributed by atoms with Crippen LogP contribution in [0.4, 0.5) is 10.5 Å². The van der Waals surface area contributed by atoms with Crippen LogP contribution in [0.1, 0.15) is 15.9 Å². The van der Waals surface area contributed by atoms with Gasteiger partial charge in [-0.1, -0.05) is 17.7 Å². The number of urea groups is 1. The number of aryl methyl sites for hydroxylation is 1. The lowest BCUT2D eigenvalue weighted by molar-refractivity contribution is -0.123. The fourth-order valence-corrected chi connectivity index (χ4v) is 3.54. The van der Waals surface area contributed by atoms with Crippen molar-refractivity contribution in [3.8, 4) is 5.75 Å². The number of ether oxygens (including phenoxy) is 2. The highest BCUT2D eigenvalue weighted by Gasteiger charge is 2.23. The summed E-state index contributed by atoms with van der Waals surface area (Å²) in [6.45, 7) is 1.15. The lowest BCUT2D eigenvalue weighted by Crippen LogP contribution is -2.39. The first-order valence-electron chi connectivity index (χ1n) is 8.62. The molecule has 0 spiro atoms. The molecule has 30 heavy (non-hydrogen) atoms. The highest BCUT2D eigenvalue weighted by Crippen LogP contribution is 2.27. The smallest absolute Gasteiger partial charge is 0.338 e. The number of nitrogens with one attached hydrogen (secondary N) is 3. The summed E-state index contributed by atoms with van der Waals surface area (Å²) >= 11 is 0. The Kier molecular flexibility index (Phi) is 7.37. The third-order valence-electron chi connectivity index (χ3n) is 3.81. The summed E-state index contributed by atoms with van der Waals surface area (Å²) in [5, 5.41) is 4.11. The van der Waals surface area contributed by atoms with E-state index < -0.39 is 34.5 Å². The number of hydrogen-bond donors (Lipinski definition) is 3. The van der Waals surface area contributed by atoms with Crippen molar-refractivity contribution in [1.82, 2.24) is 10.6 Å². The minimum absolute atomic E-state index is 0.0171. The van der Waals surface area contributed by atoms with Crippen LogP contribution >= 0.6 is 0 Å². The molecule has 3 N–H and O–H groups in total. The second-order valence-electron chi connectivity index (χ2n) is 6.04. The number of sulfonamides is 1. The van der Waals surface area contributed by atoms with Crippen molar-refractivity contribution < 1.29 is 32.3 Å². The second kappa shape index (κ2) is 9.74. The number of amides is 3. The Balaban J connectivity index is 2.21. The summed E-state index contributed by atoms with van der Waals surface area (Å²) in [6.07, 6.45) is 0. The monoisotopic (exact) mass is 435 g/mol. The number of carbonyl (C=O) groups excluding carboxylic acids is 3. The first-order chi connectivity index (χ1) is 14.2. The Labute approximate surface area is 173 Å². The van der Waals surface area contributed by atoms with Gasteiger partial charge in [0.25, 0.3) is 15.9 Å². The molecule has 0 saturated carbocycles. The molecule has 160 valence electrons. The molecular weight excluding hydrogens is 414 g/mol. The van der Waals surface area contributed by atoms with E-state index in [4.69, 9.17) is 9.47 Å². The average Bonchev–Trinajstić information content (AvgIpc) is 2.72. The van der Waals surface area contributed by atoms with E-state index in [-0.39, 0.29) is 16.2 Å². The normalized spacial score (nSPS) is 10.6. The number of benzene rings is 2. The van der Waals surface area contributed by atoms with E-state index in [0.717, 1.165) is 11.6 Å². The predicted octanol–water partition coefficient (Wildman–Crippen LogP) is 1.42. The number of anilines is 1. The molecule has 0 saturated heterocycles. The van der Waals surface area contributed by atoms with Gasteiger partial charge in [-0.05, 0) is 37.3 Å². The van der Waals surface area contributed by atoms with Gasteiger partial charge in [0.05, 0.1) is 12.7 Å². The molecule has 0 heterocycles. The van der Waals surface area contributed by atoms with Crippen LogP contribution in [0.25, 0.3) is 0 Å². The van der Waals surface area contributed by atoms with Crippen molar-refractivity contribution in [2.75, 3.05) is 25.5 Å². The van der Waals surface area contributed by atoms with Gasteiger partial charge in [-0.3, -0.25) is 14.8 Å². The first kappa shape index (κ1) is 22.7. The maximum absolute atomic E-state index is 12.8. The molecule has 11 heteroatoms. The van der Waals surface area contributed by atoms with Gasteiger partial charge in [-0.25, -0.2) is 18.0 Å². The molecular formula is C19H21N3O7S. The van der Waals surface area contributed by atoms with Crippen molar-refractivity contribution in [3.05, 3.63) is 53.6 Å². The Bertz CT molecular complexity index is 1050. The van der Waals surface area contributed by atoms with Crippen molar-refractivity contribution in [1.29, 1.82) is 0 Å². The summed E-state index contributed by atoms with van der Waals surface area (Å²) in [5.74, 6) is -1.77. The van der Waals surface area contributed by atoms with Gasteiger partial charge in [0.15, 0.2) is 6.61 Å². The SMILES string of the molecule is CNC(=O)NC(=O)COC(=O)c1ccc(OC)c(S(=O)(=O)Nc2ccc(C)cc2)c1. The number of methoxy groups -OCH3 is 1. The topological polar surface area (TPSA) is 140 Å². The molecule has 0 atom stereocenters. The number of hydrogen-bond acceptors (Lipinski definition) is 7. The van der Waals surface area contributed by atoms with Gasteiger partial charge < -0.3 is 14.8 Å². The molecule has 2 aromatic carbocycles. The minimum Gasteiger partial charge on any atom is -0.495 e. The van der Waals surface area contributed by atoms with Crippen LogP contribution in [0.3, 0.4) is 0 Å². The molecule has 2 aromatic rings. The van der Waals surface area contributed by atoms with Gasteiger partial charge in [-0.15, -0.1) is 0 Å². The highest BCUT2D eigenvalue weighted by atomic mass is 32.2. The Morgan fingerprint density at radius 1 is 1.03 bits per heavy atom. The van der Waals surface area contributed by atoms with Crippen molar-refractivity contribution in [3.63, 3.8) is 0 Å². The molecule has 0 radical (unpaired) electrons. The standard InChI is InChI=1S/C19H21N3O7S/c1-12-4-7-14(8-5-12)22-30(26,27)16-10-13(6-9-15(16)28-3)18(24)29-11-17(23)21-19(25)20-2/h4-10,22H,11H2,1-3H3,(H2,20,21,23,25). The summed E-state index contributed by atoms with van der Waals surface area (Å²) < 4.78 is 38.0. The number of carbonyl (C=O) groups is 3. The molecule has 10 nitrogen and oxygen atoms in total. The highest BCUT2D eigenvalue weighted by molar-refractivity contribution is 7.92.